The molecule has 0 bridgehead atoms. The molecule has 2 atom stereocenters. The zero-order valence-corrected chi connectivity index (χ0v) is 19.3. The molecule has 0 aromatic heterocycles. The zero-order chi connectivity index (χ0) is 22.2. The SMILES string of the molecule is CNC1=C(C2(C=O)C/C=C/CC(CCCN(C)C(=O)C(C)(C)C)/C=C/C2)CC=CN1. The second kappa shape index (κ2) is 10.6. The Balaban J connectivity index is 2.02. The molecule has 2 N–H and O–H groups in total. The van der Waals surface area contributed by atoms with Crippen LogP contribution in [0.5, 0.6) is 0 Å². The van der Waals surface area contributed by atoms with Gasteiger partial charge in [-0.1, -0.05) is 51.2 Å². The van der Waals surface area contributed by atoms with E-state index in [1.54, 1.807) is 0 Å². The van der Waals surface area contributed by atoms with Crippen LogP contribution in [-0.4, -0.2) is 37.7 Å². The van der Waals surface area contributed by atoms with Crippen LogP contribution in [0.1, 0.15) is 59.3 Å². The maximum Gasteiger partial charge on any atom is 0.227 e. The highest BCUT2D eigenvalue weighted by molar-refractivity contribution is 5.81. The van der Waals surface area contributed by atoms with Crippen LogP contribution in [0.3, 0.4) is 0 Å². The smallest absolute Gasteiger partial charge is 0.227 e. The molecule has 2 aliphatic rings. The molecule has 1 amide bonds. The molecular formula is C25H39N3O2. The summed E-state index contributed by atoms with van der Waals surface area (Å²) < 4.78 is 0. The number of hydrogen-bond donors (Lipinski definition) is 2. The van der Waals surface area contributed by atoms with Crippen molar-refractivity contribution < 1.29 is 9.59 Å². The predicted octanol–water partition coefficient (Wildman–Crippen LogP) is 4.31. The number of dihydropyridines is 1. The monoisotopic (exact) mass is 413 g/mol. The van der Waals surface area contributed by atoms with E-state index >= 15 is 0 Å². The number of nitrogens with one attached hydrogen (secondary N) is 2. The average Bonchev–Trinajstić information content (AvgIpc) is 2.83. The molecule has 0 saturated heterocycles. The minimum absolute atomic E-state index is 0.187. The second-order valence-corrected chi connectivity index (χ2v) is 9.55. The highest BCUT2D eigenvalue weighted by Gasteiger charge is 2.35. The largest absolute Gasteiger partial charge is 0.375 e. The number of hydrogen-bond acceptors (Lipinski definition) is 4. The van der Waals surface area contributed by atoms with Gasteiger partial charge in [0, 0.05) is 26.1 Å². The Bertz CT molecular complexity index is 727. The third kappa shape index (κ3) is 6.10. The van der Waals surface area contributed by atoms with E-state index in [-0.39, 0.29) is 11.3 Å². The summed E-state index contributed by atoms with van der Waals surface area (Å²) in [4.78, 5) is 26.5. The van der Waals surface area contributed by atoms with Gasteiger partial charge in [-0.15, -0.1) is 0 Å². The first-order valence-corrected chi connectivity index (χ1v) is 11.1. The first kappa shape index (κ1) is 24.0. The van der Waals surface area contributed by atoms with Gasteiger partial charge in [0.05, 0.1) is 5.41 Å². The van der Waals surface area contributed by atoms with Crippen LogP contribution in [0.2, 0.25) is 0 Å². The van der Waals surface area contributed by atoms with Crippen molar-refractivity contribution in [1.82, 2.24) is 15.5 Å². The minimum Gasteiger partial charge on any atom is -0.375 e. The van der Waals surface area contributed by atoms with Crippen LogP contribution < -0.4 is 10.6 Å². The van der Waals surface area contributed by atoms with Gasteiger partial charge in [0.15, 0.2) is 0 Å². The van der Waals surface area contributed by atoms with Crippen molar-refractivity contribution in [1.29, 1.82) is 0 Å². The molecule has 0 saturated carbocycles. The molecule has 0 radical (unpaired) electrons. The molecule has 5 nitrogen and oxygen atoms in total. The molecule has 5 heteroatoms. The van der Waals surface area contributed by atoms with E-state index in [1.165, 1.54) is 0 Å². The van der Waals surface area contributed by atoms with Gasteiger partial charge >= 0.3 is 0 Å². The van der Waals surface area contributed by atoms with E-state index in [9.17, 15) is 9.59 Å². The van der Waals surface area contributed by atoms with Crippen molar-refractivity contribution in [3.05, 3.63) is 48.0 Å². The Morgan fingerprint density at radius 2 is 2.00 bits per heavy atom. The predicted molar refractivity (Wildman–Crippen MR) is 123 cm³/mol. The third-order valence-electron chi connectivity index (χ3n) is 6.08. The second-order valence-electron chi connectivity index (χ2n) is 9.55. The fourth-order valence-electron chi connectivity index (χ4n) is 4.27. The van der Waals surface area contributed by atoms with Gasteiger partial charge in [-0.2, -0.15) is 0 Å². The molecule has 1 aliphatic heterocycles. The van der Waals surface area contributed by atoms with E-state index in [0.29, 0.717) is 18.8 Å². The van der Waals surface area contributed by atoms with Crippen molar-refractivity contribution in [3.8, 4) is 0 Å². The number of carbonyl (C=O) groups excluding carboxylic acids is 2. The normalized spacial score (nSPS) is 26.6. The highest BCUT2D eigenvalue weighted by atomic mass is 16.2. The summed E-state index contributed by atoms with van der Waals surface area (Å²) in [5.74, 6) is 1.56. The molecule has 0 spiro atoms. The van der Waals surface area contributed by atoms with Crippen molar-refractivity contribution in [2.75, 3.05) is 20.6 Å². The lowest BCUT2D eigenvalue weighted by atomic mass is 9.73. The van der Waals surface area contributed by atoms with Crippen LogP contribution in [0, 0.1) is 16.7 Å². The average molecular weight is 414 g/mol. The lowest BCUT2D eigenvalue weighted by Crippen LogP contribution is -2.37. The molecule has 0 aromatic carbocycles. The summed E-state index contributed by atoms with van der Waals surface area (Å²) >= 11 is 0. The molecule has 2 unspecified atom stereocenters. The van der Waals surface area contributed by atoms with Crippen LogP contribution in [0.4, 0.5) is 0 Å². The first-order valence-electron chi connectivity index (χ1n) is 11.1. The minimum atomic E-state index is -0.517. The number of carbonyl (C=O) groups is 2. The van der Waals surface area contributed by atoms with E-state index in [2.05, 4.69) is 41.0 Å². The van der Waals surface area contributed by atoms with Crippen LogP contribution in [-0.2, 0) is 9.59 Å². The maximum absolute atomic E-state index is 12.3. The van der Waals surface area contributed by atoms with E-state index in [4.69, 9.17) is 0 Å². The van der Waals surface area contributed by atoms with Crippen LogP contribution in [0.15, 0.2) is 48.0 Å². The molecule has 2 rings (SSSR count). The number of aldehydes is 1. The molecule has 1 aliphatic carbocycles. The van der Waals surface area contributed by atoms with Crippen LogP contribution in [0.25, 0.3) is 0 Å². The van der Waals surface area contributed by atoms with Crippen molar-refractivity contribution in [2.45, 2.75) is 59.3 Å². The van der Waals surface area contributed by atoms with Crippen molar-refractivity contribution >= 4 is 12.2 Å². The molecule has 30 heavy (non-hydrogen) atoms. The van der Waals surface area contributed by atoms with E-state index in [0.717, 1.165) is 49.9 Å². The Morgan fingerprint density at radius 3 is 2.67 bits per heavy atom. The number of nitrogens with zero attached hydrogens (tertiary/aromatic N) is 1. The van der Waals surface area contributed by atoms with Gasteiger partial charge in [0.1, 0.15) is 12.1 Å². The molecule has 1 heterocycles. The van der Waals surface area contributed by atoms with Crippen molar-refractivity contribution in [3.63, 3.8) is 0 Å². The molecular weight excluding hydrogens is 374 g/mol. The Kier molecular flexibility index (Phi) is 8.51. The Morgan fingerprint density at radius 1 is 1.27 bits per heavy atom. The third-order valence-corrected chi connectivity index (χ3v) is 6.08. The summed E-state index contributed by atoms with van der Waals surface area (Å²) in [6, 6.07) is 0. The molecule has 0 aromatic rings. The van der Waals surface area contributed by atoms with Gasteiger partial charge in [0.2, 0.25) is 5.91 Å². The quantitative estimate of drug-likeness (QED) is 0.482. The lowest BCUT2D eigenvalue weighted by molar-refractivity contribution is -0.138. The fourth-order valence-corrected chi connectivity index (χ4v) is 4.27. The van der Waals surface area contributed by atoms with Gasteiger partial charge in [-0.05, 0) is 56.2 Å². The number of allylic oxidation sites excluding steroid dienone is 6. The number of rotatable bonds is 7. The van der Waals surface area contributed by atoms with Crippen LogP contribution >= 0.6 is 0 Å². The van der Waals surface area contributed by atoms with Gasteiger partial charge in [-0.3, -0.25) is 4.79 Å². The lowest BCUT2D eigenvalue weighted by Gasteiger charge is -2.32. The summed E-state index contributed by atoms with van der Waals surface area (Å²) in [6.07, 6.45) is 19.1. The Hall–Kier alpha value is -2.30. The number of amides is 1. The van der Waals surface area contributed by atoms with Gasteiger partial charge in [-0.25, -0.2) is 0 Å². The molecule has 166 valence electrons. The highest BCUT2D eigenvalue weighted by Crippen LogP contribution is 2.39. The van der Waals surface area contributed by atoms with E-state index < -0.39 is 5.41 Å². The zero-order valence-electron chi connectivity index (χ0n) is 19.3. The standard InChI is InChI=1S/C25H39N3O2/c1-24(2,3)23(30)28(5)18-10-13-20-11-6-7-15-25(19-29,16-8-12-20)21-14-9-17-27-22(21)26-4/h6-9,12,17,19-20,26-27H,10-11,13-16,18H2,1-5H3/b7-6+,12-8+. The summed E-state index contributed by atoms with van der Waals surface area (Å²) in [5.41, 5.74) is 0.271. The molecule has 0 fully saturated rings. The van der Waals surface area contributed by atoms with Gasteiger partial charge in [0.25, 0.3) is 0 Å². The summed E-state index contributed by atoms with van der Waals surface area (Å²) in [7, 11) is 3.78. The maximum atomic E-state index is 12.3. The summed E-state index contributed by atoms with van der Waals surface area (Å²) in [5, 5.41) is 6.45. The summed E-state index contributed by atoms with van der Waals surface area (Å²) in [6.45, 7) is 6.66. The van der Waals surface area contributed by atoms with Gasteiger partial charge < -0.3 is 20.3 Å². The topological polar surface area (TPSA) is 61.4 Å². The Labute approximate surface area is 182 Å². The fraction of sp³-hybridized carbons (Fsp3) is 0.600. The van der Waals surface area contributed by atoms with Crippen molar-refractivity contribution in [2.24, 2.45) is 16.7 Å². The first-order chi connectivity index (χ1) is 14.2. The van der Waals surface area contributed by atoms with E-state index in [1.807, 2.05) is 46.0 Å².